The molecule has 20 heavy (non-hydrogen) atoms. The summed E-state index contributed by atoms with van der Waals surface area (Å²) in [6.07, 6.45) is -10.2. The van der Waals surface area contributed by atoms with Crippen LogP contribution in [-0.4, -0.2) is 12.0 Å². The zero-order chi connectivity index (χ0) is 15.7. The lowest BCUT2D eigenvalue weighted by atomic mass is 9.94. The van der Waals surface area contributed by atoms with Gasteiger partial charge in [0.25, 0.3) is 5.78 Å². The van der Waals surface area contributed by atoms with Crippen LogP contribution in [0.2, 0.25) is 5.02 Å². The SMILES string of the molecule is N#CC(C(=O)C(F)(F)F)c1cc(Cl)cc(C(F)(F)F)c1. The molecule has 2 nitrogen and oxygen atoms in total. The van der Waals surface area contributed by atoms with Crippen molar-refractivity contribution >= 4 is 17.4 Å². The Morgan fingerprint density at radius 1 is 1.15 bits per heavy atom. The summed E-state index contributed by atoms with van der Waals surface area (Å²) in [6.45, 7) is 0. The molecular weight excluding hydrogens is 312 g/mol. The number of benzene rings is 1. The summed E-state index contributed by atoms with van der Waals surface area (Å²) in [4.78, 5) is 11.0. The van der Waals surface area contributed by atoms with Crippen molar-refractivity contribution in [2.45, 2.75) is 18.3 Å². The minimum atomic E-state index is -5.33. The molecule has 0 saturated carbocycles. The molecule has 1 aromatic carbocycles. The molecule has 0 spiro atoms. The summed E-state index contributed by atoms with van der Waals surface area (Å²) in [5.74, 6) is -4.84. The highest BCUT2D eigenvalue weighted by atomic mass is 35.5. The van der Waals surface area contributed by atoms with Gasteiger partial charge in [0.2, 0.25) is 0 Å². The van der Waals surface area contributed by atoms with E-state index in [4.69, 9.17) is 16.9 Å². The van der Waals surface area contributed by atoms with Crippen LogP contribution in [0, 0.1) is 11.3 Å². The van der Waals surface area contributed by atoms with Crippen molar-refractivity contribution in [3.8, 4) is 6.07 Å². The first-order chi connectivity index (χ1) is 8.96. The molecule has 0 N–H and O–H groups in total. The van der Waals surface area contributed by atoms with Gasteiger partial charge in [0.15, 0.2) is 0 Å². The minimum Gasteiger partial charge on any atom is -0.288 e. The summed E-state index contributed by atoms with van der Waals surface area (Å²) < 4.78 is 74.3. The number of carbonyl (C=O) groups is 1. The molecule has 1 unspecified atom stereocenters. The molecular formula is C11H4ClF6NO. The average Bonchev–Trinajstić information content (AvgIpc) is 2.26. The molecule has 1 atom stereocenters. The van der Waals surface area contributed by atoms with Gasteiger partial charge in [-0.2, -0.15) is 31.6 Å². The van der Waals surface area contributed by atoms with Crippen molar-refractivity contribution in [1.82, 2.24) is 0 Å². The maximum atomic E-state index is 12.5. The predicted octanol–water partition coefficient (Wildman–Crippen LogP) is 4.10. The number of halogens is 7. The van der Waals surface area contributed by atoms with Crippen molar-refractivity contribution < 1.29 is 31.1 Å². The number of nitrogens with zero attached hydrogens (tertiary/aromatic N) is 1. The van der Waals surface area contributed by atoms with E-state index < -0.39 is 40.2 Å². The fraction of sp³-hybridized carbons (Fsp3) is 0.273. The Morgan fingerprint density at radius 2 is 1.70 bits per heavy atom. The van der Waals surface area contributed by atoms with Crippen molar-refractivity contribution in [3.63, 3.8) is 0 Å². The largest absolute Gasteiger partial charge is 0.451 e. The summed E-state index contributed by atoms with van der Waals surface area (Å²) in [6, 6.07) is 2.53. The van der Waals surface area contributed by atoms with Crippen LogP contribution >= 0.6 is 11.6 Å². The van der Waals surface area contributed by atoms with E-state index in [1.165, 1.54) is 0 Å². The van der Waals surface area contributed by atoms with Crippen LogP contribution in [0.15, 0.2) is 18.2 Å². The summed E-state index contributed by atoms with van der Waals surface area (Å²) in [7, 11) is 0. The van der Waals surface area contributed by atoms with E-state index >= 15 is 0 Å². The second-order valence-corrected chi connectivity index (χ2v) is 4.13. The van der Waals surface area contributed by atoms with Crippen LogP contribution in [0.4, 0.5) is 26.3 Å². The Morgan fingerprint density at radius 3 is 2.10 bits per heavy atom. The standard InChI is InChI=1S/C11H4ClF6NO/c12-7-2-5(1-6(3-7)10(13,14)15)8(4-19)9(20)11(16,17)18/h1-3,8H. The molecule has 1 aromatic rings. The van der Waals surface area contributed by atoms with Crippen molar-refractivity contribution in [2.24, 2.45) is 0 Å². The molecule has 0 bridgehead atoms. The third-order valence-electron chi connectivity index (χ3n) is 2.25. The second-order valence-electron chi connectivity index (χ2n) is 3.70. The van der Waals surface area contributed by atoms with E-state index in [1.54, 1.807) is 0 Å². The number of ketones is 1. The van der Waals surface area contributed by atoms with Crippen LogP contribution in [0.1, 0.15) is 17.0 Å². The van der Waals surface area contributed by atoms with Gasteiger partial charge in [-0.25, -0.2) is 0 Å². The third-order valence-corrected chi connectivity index (χ3v) is 2.47. The Kier molecular flexibility index (Phi) is 4.34. The normalized spacial score (nSPS) is 13.7. The van der Waals surface area contributed by atoms with Gasteiger partial charge in [0.1, 0.15) is 5.92 Å². The van der Waals surface area contributed by atoms with Crippen LogP contribution in [-0.2, 0) is 11.0 Å². The molecule has 1 rings (SSSR count). The quantitative estimate of drug-likeness (QED) is 0.771. The van der Waals surface area contributed by atoms with Gasteiger partial charge < -0.3 is 0 Å². The van der Waals surface area contributed by atoms with E-state index in [9.17, 15) is 31.1 Å². The van der Waals surface area contributed by atoms with Gasteiger partial charge in [-0.15, -0.1) is 0 Å². The van der Waals surface area contributed by atoms with Crippen LogP contribution in [0.3, 0.4) is 0 Å². The maximum absolute atomic E-state index is 12.5. The molecule has 0 aliphatic rings. The number of alkyl halides is 6. The van der Waals surface area contributed by atoms with Gasteiger partial charge in [-0.05, 0) is 23.8 Å². The van der Waals surface area contributed by atoms with E-state index in [0.717, 1.165) is 6.07 Å². The first-order valence-electron chi connectivity index (χ1n) is 4.85. The maximum Gasteiger partial charge on any atom is 0.451 e. The smallest absolute Gasteiger partial charge is 0.288 e. The van der Waals surface area contributed by atoms with E-state index in [2.05, 4.69) is 0 Å². The van der Waals surface area contributed by atoms with E-state index in [1.807, 2.05) is 0 Å². The lowest BCUT2D eigenvalue weighted by Crippen LogP contribution is -2.28. The second kappa shape index (κ2) is 5.32. The molecule has 0 aromatic heterocycles. The highest BCUT2D eigenvalue weighted by Crippen LogP contribution is 2.35. The topological polar surface area (TPSA) is 40.9 Å². The van der Waals surface area contributed by atoms with Crippen molar-refractivity contribution in [2.75, 3.05) is 0 Å². The molecule has 0 amide bonds. The van der Waals surface area contributed by atoms with Gasteiger partial charge >= 0.3 is 12.4 Å². The zero-order valence-corrected chi connectivity index (χ0v) is 10.1. The highest BCUT2D eigenvalue weighted by molar-refractivity contribution is 6.30. The lowest BCUT2D eigenvalue weighted by molar-refractivity contribution is -0.171. The number of carbonyl (C=O) groups excluding carboxylic acids is 1. The minimum absolute atomic E-state index is 0.295. The fourth-order valence-electron chi connectivity index (χ4n) is 1.39. The number of nitriles is 1. The molecule has 0 heterocycles. The molecule has 108 valence electrons. The van der Waals surface area contributed by atoms with Gasteiger partial charge in [-0.3, -0.25) is 4.79 Å². The Bertz CT molecular complexity index is 572. The van der Waals surface area contributed by atoms with Gasteiger partial charge in [-0.1, -0.05) is 11.6 Å². The number of Topliss-reactive ketones (excluding diaryl/α,β-unsaturated/α-hetero) is 1. The van der Waals surface area contributed by atoms with Crippen molar-refractivity contribution in [3.05, 3.63) is 34.3 Å². The Balaban J connectivity index is 3.35. The molecule has 0 saturated heterocycles. The van der Waals surface area contributed by atoms with Crippen LogP contribution in [0.25, 0.3) is 0 Å². The molecule has 0 aliphatic heterocycles. The number of hydrogen-bond acceptors (Lipinski definition) is 2. The van der Waals surface area contributed by atoms with E-state index in [-0.39, 0.29) is 0 Å². The molecule has 0 aliphatic carbocycles. The third kappa shape index (κ3) is 3.63. The molecule has 0 radical (unpaired) electrons. The Hall–Kier alpha value is -1.75. The zero-order valence-electron chi connectivity index (χ0n) is 9.31. The number of rotatable bonds is 2. The van der Waals surface area contributed by atoms with Gasteiger partial charge in [0.05, 0.1) is 11.6 Å². The summed E-state index contributed by atoms with van der Waals surface area (Å²) in [5, 5.41) is 8.08. The van der Waals surface area contributed by atoms with Crippen molar-refractivity contribution in [1.29, 1.82) is 5.26 Å². The molecule has 0 fully saturated rings. The first kappa shape index (κ1) is 16.3. The summed E-state index contributed by atoms with van der Waals surface area (Å²) in [5.41, 5.74) is -2.09. The Labute approximate surface area is 113 Å². The number of hydrogen-bond donors (Lipinski definition) is 0. The molecule has 9 heteroatoms. The lowest BCUT2D eigenvalue weighted by Gasteiger charge is -2.14. The monoisotopic (exact) mass is 315 g/mol. The summed E-state index contributed by atoms with van der Waals surface area (Å²) >= 11 is 5.37. The van der Waals surface area contributed by atoms with Gasteiger partial charge in [0, 0.05) is 5.02 Å². The predicted molar refractivity (Wildman–Crippen MR) is 55.9 cm³/mol. The van der Waals surface area contributed by atoms with E-state index in [0.29, 0.717) is 18.2 Å². The van der Waals surface area contributed by atoms with Crippen LogP contribution < -0.4 is 0 Å². The highest BCUT2D eigenvalue weighted by Gasteiger charge is 2.44. The average molecular weight is 316 g/mol. The first-order valence-corrected chi connectivity index (χ1v) is 5.23. The van der Waals surface area contributed by atoms with Crippen LogP contribution in [0.5, 0.6) is 0 Å². The fourth-order valence-corrected chi connectivity index (χ4v) is 1.63.